The van der Waals surface area contributed by atoms with Crippen LogP contribution in [0.3, 0.4) is 0 Å². The third kappa shape index (κ3) is 6.59. The molecule has 0 saturated heterocycles. The van der Waals surface area contributed by atoms with Crippen molar-refractivity contribution in [2.75, 3.05) is 25.6 Å². The molecule has 2 aromatic rings. The van der Waals surface area contributed by atoms with Gasteiger partial charge in [-0.15, -0.1) is 0 Å². The van der Waals surface area contributed by atoms with E-state index in [4.69, 9.17) is 14.2 Å². The highest BCUT2D eigenvalue weighted by Crippen LogP contribution is 2.34. The minimum atomic E-state index is -0.525. The summed E-state index contributed by atoms with van der Waals surface area (Å²) < 4.78 is 16.2. The fourth-order valence-corrected chi connectivity index (χ4v) is 3.16. The van der Waals surface area contributed by atoms with Gasteiger partial charge in [0.05, 0.1) is 13.7 Å². The standard InChI is InChI=1S/C23H23BrN2O5/c1-5-30-22(27)13-31-21-11-18(24)16(10-20(21)29-4)9-17(12-25)23(28)26-19-7-6-14(2)8-15(19)3/h6-11H,5,13H2,1-4H3,(H,26,28)/b17-9+. The lowest BCUT2D eigenvalue weighted by atomic mass is 10.1. The highest BCUT2D eigenvalue weighted by Gasteiger charge is 2.15. The molecule has 8 heteroatoms. The first-order chi connectivity index (χ1) is 14.8. The minimum Gasteiger partial charge on any atom is -0.493 e. The predicted molar refractivity (Wildman–Crippen MR) is 121 cm³/mol. The van der Waals surface area contributed by atoms with Gasteiger partial charge in [-0.05, 0) is 56.2 Å². The Bertz CT molecular complexity index is 1060. The van der Waals surface area contributed by atoms with E-state index in [0.717, 1.165) is 11.1 Å². The van der Waals surface area contributed by atoms with Crippen LogP contribution in [0.4, 0.5) is 5.69 Å². The fourth-order valence-electron chi connectivity index (χ4n) is 2.72. The normalized spacial score (nSPS) is 10.8. The molecular weight excluding hydrogens is 464 g/mol. The molecule has 7 nitrogen and oxygen atoms in total. The molecule has 0 spiro atoms. The van der Waals surface area contributed by atoms with Gasteiger partial charge in [-0.25, -0.2) is 4.79 Å². The molecule has 31 heavy (non-hydrogen) atoms. The number of carbonyl (C=O) groups excluding carboxylic acids is 2. The number of ether oxygens (including phenoxy) is 3. The number of nitriles is 1. The van der Waals surface area contributed by atoms with Crippen LogP contribution in [0.1, 0.15) is 23.6 Å². The molecule has 0 aliphatic heterocycles. The monoisotopic (exact) mass is 486 g/mol. The van der Waals surface area contributed by atoms with Crippen LogP contribution >= 0.6 is 15.9 Å². The van der Waals surface area contributed by atoms with Crippen LogP contribution in [0, 0.1) is 25.2 Å². The summed E-state index contributed by atoms with van der Waals surface area (Å²) in [7, 11) is 1.45. The lowest BCUT2D eigenvalue weighted by Gasteiger charge is -2.13. The Labute approximate surface area is 189 Å². The lowest BCUT2D eigenvalue weighted by Crippen LogP contribution is -2.15. The van der Waals surface area contributed by atoms with E-state index in [0.29, 0.717) is 27.2 Å². The zero-order chi connectivity index (χ0) is 23.0. The first-order valence-corrected chi connectivity index (χ1v) is 10.2. The molecular formula is C23H23BrN2O5. The van der Waals surface area contributed by atoms with Crippen LogP contribution in [0.2, 0.25) is 0 Å². The largest absolute Gasteiger partial charge is 0.493 e. The summed E-state index contributed by atoms with van der Waals surface area (Å²) in [6.07, 6.45) is 1.45. The van der Waals surface area contributed by atoms with Crippen molar-refractivity contribution in [3.63, 3.8) is 0 Å². The fraction of sp³-hybridized carbons (Fsp3) is 0.261. The summed E-state index contributed by atoms with van der Waals surface area (Å²) in [6.45, 7) is 5.54. The number of hydrogen-bond acceptors (Lipinski definition) is 6. The number of anilines is 1. The summed E-state index contributed by atoms with van der Waals surface area (Å²) in [5, 5.41) is 12.3. The third-order valence-electron chi connectivity index (χ3n) is 4.23. The van der Waals surface area contributed by atoms with Crippen molar-refractivity contribution in [2.24, 2.45) is 0 Å². The van der Waals surface area contributed by atoms with Gasteiger partial charge in [0.1, 0.15) is 11.6 Å². The van der Waals surface area contributed by atoms with Gasteiger partial charge >= 0.3 is 5.97 Å². The van der Waals surface area contributed by atoms with Crippen LogP contribution in [-0.2, 0) is 14.3 Å². The molecule has 0 unspecified atom stereocenters. The topological polar surface area (TPSA) is 97.7 Å². The van der Waals surface area contributed by atoms with Crippen molar-refractivity contribution in [3.05, 3.63) is 57.1 Å². The van der Waals surface area contributed by atoms with Gasteiger partial charge in [0.15, 0.2) is 18.1 Å². The van der Waals surface area contributed by atoms with Crippen molar-refractivity contribution in [1.82, 2.24) is 0 Å². The SMILES string of the molecule is CCOC(=O)COc1cc(Br)c(/C=C(\C#N)C(=O)Nc2ccc(C)cc2C)cc1OC. The second kappa shape index (κ2) is 11.2. The Kier molecular flexibility index (Phi) is 8.64. The van der Waals surface area contributed by atoms with Gasteiger partial charge in [-0.1, -0.05) is 33.6 Å². The van der Waals surface area contributed by atoms with E-state index < -0.39 is 11.9 Å². The second-order valence-electron chi connectivity index (χ2n) is 6.56. The number of halogens is 1. The zero-order valence-electron chi connectivity index (χ0n) is 17.7. The summed E-state index contributed by atoms with van der Waals surface area (Å²) in [5.41, 5.74) is 3.07. The number of carbonyl (C=O) groups is 2. The van der Waals surface area contributed by atoms with Crippen molar-refractivity contribution < 1.29 is 23.8 Å². The number of nitrogens with zero attached hydrogens (tertiary/aromatic N) is 1. The summed E-state index contributed by atoms with van der Waals surface area (Å²) >= 11 is 3.40. The molecule has 0 aromatic heterocycles. The molecule has 0 fully saturated rings. The van der Waals surface area contributed by atoms with Gasteiger partial charge in [-0.2, -0.15) is 5.26 Å². The maximum absolute atomic E-state index is 12.6. The highest BCUT2D eigenvalue weighted by molar-refractivity contribution is 9.10. The number of hydrogen-bond donors (Lipinski definition) is 1. The van der Waals surface area contributed by atoms with E-state index >= 15 is 0 Å². The maximum Gasteiger partial charge on any atom is 0.344 e. The third-order valence-corrected chi connectivity index (χ3v) is 4.92. The van der Waals surface area contributed by atoms with Crippen LogP contribution in [-0.4, -0.2) is 32.2 Å². The first-order valence-electron chi connectivity index (χ1n) is 9.45. The Morgan fingerprint density at radius 2 is 1.94 bits per heavy atom. The van der Waals surface area contributed by atoms with Gasteiger partial charge in [0.2, 0.25) is 0 Å². The quantitative estimate of drug-likeness (QED) is 0.333. The Hall–Kier alpha value is -3.31. The Morgan fingerprint density at radius 3 is 2.55 bits per heavy atom. The molecule has 0 bridgehead atoms. The first kappa shape index (κ1) is 24.0. The summed E-state index contributed by atoms with van der Waals surface area (Å²) in [4.78, 5) is 24.2. The number of esters is 1. The lowest BCUT2D eigenvalue weighted by molar-refractivity contribution is -0.145. The van der Waals surface area contributed by atoms with Gasteiger partial charge in [0.25, 0.3) is 5.91 Å². The van der Waals surface area contributed by atoms with Crippen molar-refractivity contribution in [1.29, 1.82) is 5.26 Å². The number of aryl methyl sites for hydroxylation is 2. The average molecular weight is 487 g/mol. The van der Waals surface area contributed by atoms with Crippen molar-refractivity contribution in [3.8, 4) is 17.6 Å². The number of nitrogens with one attached hydrogen (secondary N) is 1. The van der Waals surface area contributed by atoms with Crippen molar-refractivity contribution in [2.45, 2.75) is 20.8 Å². The van der Waals surface area contributed by atoms with Crippen LogP contribution in [0.15, 0.2) is 40.4 Å². The molecule has 2 aromatic carbocycles. The highest BCUT2D eigenvalue weighted by atomic mass is 79.9. The smallest absolute Gasteiger partial charge is 0.344 e. The predicted octanol–water partition coefficient (Wildman–Crippen LogP) is 4.56. The number of amides is 1. The Balaban J connectivity index is 2.27. The van der Waals surface area contributed by atoms with Crippen LogP contribution < -0.4 is 14.8 Å². The summed E-state index contributed by atoms with van der Waals surface area (Å²) in [5.74, 6) is -0.369. The van der Waals surface area contributed by atoms with E-state index in [1.54, 1.807) is 25.1 Å². The van der Waals surface area contributed by atoms with Crippen LogP contribution in [0.5, 0.6) is 11.5 Å². The van der Waals surface area contributed by atoms with Crippen LogP contribution in [0.25, 0.3) is 6.08 Å². The van der Waals surface area contributed by atoms with Gasteiger partial charge < -0.3 is 19.5 Å². The van der Waals surface area contributed by atoms with E-state index in [1.165, 1.54) is 13.2 Å². The molecule has 0 aliphatic carbocycles. The molecule has 0 radical (unpaired) electrons. The Morgan fingerprint density at radius 1 is 1.19 bits per heavy atom. The average Bonchev–Trinajstić information content (AvgIpc) is 2.73. The molecule has 0 atom stereocenters. The van der Waals surface area contributed by atoms with E-state index in [1.807, 2.05) is 32.0 Å². The van der Waals surface area contributed by atoms with E-state index in [2.05, 4.69) is 21.2 Å². The molecule has 0 saturated carbocycles. The zero-order valence-corrected chi connectivity index (χ0v) is 19.3. The number of rotatable bonds is 8. The molecule has 1 N–H and O–H groups in total. The minimum absolute atomic E-state index is 0.0806. The molecule has 0 heterocycles. The molecule has 0 aliphatic rings. The maximum atomic E-state index is 12.6. The van der Waals surface area contributed by atoms with E-state index in [-0.39, 0.29) is 18.8 Å². The van der Waals surface area contributed by atoms with E-state index in [9.17, 15) is 14.9 Å². The second-order valence-corrected chi connectivity index (χ2v) is 7.41. The molecule has 162 valence electrons. The number of methoxy groups -OCH3 is 1. The van der Waals surface area contributed by atoms with Gasteiger partial charge in [-0.3, -0.25) is 4.79 Å². The number of benzene rings is 2. The molecule has 2 rings (SSSR count). The van der Waals surface area contributed by atoms with Crippen molar-refractivity contribution >= 4 is 39.6 Å². The molecule has 1 amide bonds. The van der Waals surface area contributed by atoms with Gasteiger partial charge in [0, 0.05) is 10.2 Å². The summed E-state index contributed by atoms with van der Waals surface area (Å²) in [6, 6.07) is 10.8.